The van der Waals surface area contributed by atoms with Gasteiger partial charge in [0.25, 0.3) is 0 Å². The average Bonchev–Trinajstić information content (AvgIpc) is 2.54. The molecule has 0 fully saturated rings. The minimum atomic E-state index is -0.375. The number of carbonyl (C=O) groups is 2. The van der Waals surface area contributed by atoms with Crippen LogP contribution in [0.2, 0.25) is 0 Å². The number of hydrogen-bond donors (Lipinski definition) is 2. The van der Waals surface area contributed by atoms with Crippen molar-refractivity contribution < 1.29 is 19.8 Å². The van der Waals surface area contributed by atoms with E-state index in [2.05, 4.69) is 6.58 Å². The lowest BCUT2D eigenvalue weighted by Gasteiger charge is -2.22. The summed E-state index contributed by atoms with van der Waals surface area (Å²) in [5, 5.41) is 20.2. The molecular formula is C19H16O4. The zero-order chi connectivity index (χ0) is 16.7. The number of aliphatic hydroxyl groups excluding tert-OH is 1. The van der Waals surface area contributed by atoms with E-state index in [4.69, 9.17) is 0 Å². The van der Waals surface area contributed by atoms with Gasteiger partial charge in [0.2, 0.25) is 0 Å². The Hall–Kier alpha value is -2.72. The van der Waals surface area contributed by atoms with Crippen LogP contribution in [0.1, 0.15) is 49.9 Å². The second-order valence-corrected chi connectivity index (χ2v) is 5.78. The van der Waals surface area contributed by atoms with Gasteiger partial charge in [0.05, 0.1) is 12.2 Å². The van der Waals surface area contributed by atoms with Crippen molar-refractivity contribution in [1.82, 2.24) is 0 Å². The van der Waals surface area contributed by atoms with Gasteiger partial charge in [-0.25, -0.2) is 0 Å². The van der Waals surface area contributed by atoms with Crippen molar-refractivity contribution in [3.05, 3.63) is 75.9 Å². The summed E-state index contributed by atoms with van der Waals surface area (Å²) in [5.41, 5.74) is 2.43. The third-order valence-electron chi connectivity index (χ3n) is 4.04. The van der Waals surface area contributed by atoms with E-state index in [1.165, 1.54) is 6.07 Å². The lowest BCUT2D eigenvalue weighted by Crippen LogP contribution is -2.22. The molecule has 0 radical (unpaired) electrons. The van der Waals surface area contributed by atoms with Gasteiger partial charge in [-0.1, -0.05) is 36.4 Å². The molecule has 0 bridgehead atoms. The highest BCUT2D eigenvalue weighted by atomic mass is 16.3. The van der Waals surface area contributed by atoms with Gasteiger partial charge in [-0.2, -0.15) is 0 Å². The molecule has 0 spiro atoms. The zero-order valence-corrected chi connectivity index (χ0v) is 12.7. The van der Waals surface area contributed by atoms with E-state index in [-0.39, 0.29) is 35.0 Å². The summed E-state index contributed by atoms with van der Waals surface area (Å²) in [4.78, 5) is 25.4. The number of rotatable bonds is 3. The number of carbonyl (C=O) groups excluding carboxylic acids is 2. The maximum atomic E-state index is 12.7. The summed E-state index contributed by atoms with van der Waals surface area (Å²) in [5.74, 6) is -0.926. The SMILES string of the molecule is C=C(C)Cc1c(CO)cc2c(c1O)C(=O)c1ccccc1C2=O. The zero-order valence-electron chi connectivity index (χ0n) is 12.7. The summed E-state index contributed by atoms with van der Waals surface area (Å²) in [6.45, 7) is 5.27. The minimum absolute atomic E-state index is 0.0159. The first kappa shape index (κ1) is 15.2. The molecule has 0 aliphatic heterocycles. The number of phenols is 1. The first-order valence-electron chi connectivity index (χ1n) is 7.27. The third-order valence-corrected chi connectivity index (χ3v) is 4.04. The van der Waals surface area contributed by atoms with Crippen LogP contribution in [0.5, 0.6) is 5.75 Å². The molecule has 4 heteroatoms. The predicted molar refractivity (Wildman–Crippen MR) is 85.9 cm³/mol. The van der Waals surface area contributed by atoms with Crippen molar-refractivity contribution in [2.75, 3.05) is 0 Å². The van der Waals surface area contributed by atoms with Crippen molar-refractivity contribution in [2.24, 2.45) is 0 Å². The molecule has 0 saturated carbocycles. The summed E-state index contributed by atoms with van der Waals surface area (Å²) in [6, 6.07) is 8.05. The molecule has 0 aromatic heterocycles. The van der Waals surface area contributed by atoms with E-state index in [1.807, 2.05) is 0 Å². The summed E-state index contributed by atoms with van der Waals surface area (Å²) in [7, 11) is 0. The highest BCUT2D eigenvalue weighted by Gasteiger charge is 2.33. The van der Waals surface area contributed by atoms with Crippen molar-refractivity contribution in [3.8, 4) is 5.75 Å². The Morgan fingerprint density at radius 3 is 2.26 bits per heavy atom. The maximum Gasteiger partial charge on any atom is 0.198 e. The van der Waals surface area contributed by atoms with E-state index < -0.39 is 0 Å². The fraction of sp³-hybridized carbons (Fsp3) is 0.158. The molecule has 0 saturated heterocycles. The molecule has 1 aliphatic carbocycles. The summed E-state index contributed by atoms with van der Waals surface area (Å²) in [6.07, 6.45) is 0.331. The minimum Gasteiger partial charge on any atom is -0.507 e. The summed E-state index contributed by atoms with van der Waals surface area (Å²) >= 11 is 0. The number of benzene rings is 2. The van der Waals surface area contributed by atoms with Crippen LogP contribution in [0, 0.1) is 0 Å². The van der Waals surface area contributed by atoms with Crippen LogP contribution < -0.4 is 0 Å². The molecule has 0 unspecified atom stereocenters. The number of ketones is 2. The number of aliphatic hydroxyl groups is 1. The first-order valence-corrected chi connectivity index (χ1v) is 7.27. The standard InChI is InChI=1S/C19H16O4/c1-10(2)7-14-11(9-20)8-15-16(19(14)23)18(22)13-6-4-3-5-12(13)17(15)21/h3-6,8,20,23H,1,7,9H2,2H3. The predicted octanol–water partition coefficient (Wildman–Crippen LogP) is 2.78. The maximum absolute atomic E-state index is 12.7. The van der Waals surface area contributed by atoms with Gasteiger partial charge in [-0.15, -0.1) is 0 Å². The van der Waals surface area contributed by atoms with Crippen molar-refractivity contribution >= 4 is 11.6 Å². The smallest absolute Gasteiger partial charge is 0.198 e. The normalized spacial score (nSPS) is 12.8. The Morgan fingerprint density at radius 1 is 1.09 bits per heavy atom. The van der Waals surface area contributed by atoms with E-state index in [9.17, 15) is 19.8 Å². The van der Waals surface area contributed by atoms with Crippen molar-refractivity contribution in [2.45, 2.75) is 20.0 Å². The Balaban J connectivity index is 2.31. The number of phenolic OH excluding ortho intramolecular Hbond substituents is 1. The van der Waals surface area contributed by atoms with Gasteiger partial charge in [-0.05, 0) is 25.0 Å². The highest BCUT2D eigenvalue weighted by Crippen LogP contribution is 2.37. The number of allylic oxidation sites excluding steroid dienone is 1. The molecule has 4 nitrogen and oxygen atoms in total. The molecule has 0 heterocycles. The average molecular weight is 308 g/mol. The van der Waals surface area contributed by atoms with Gasteiger partial charge >= 0.3 is 0 Å². The number of aromatic hydroxyl groups is 1. The molecule has 0 atom stereocenters. The van der Waals surface area contributed by atoms with Gasteiger partial charge in [0, 0.05) is 22.3 Å². The third kappa shape index (κ3) is 2.28. The molecule has 3 rings (SSSR count). The van der Waals surface area contributed by atoms with Gasteiger partial charge < -0.3 is 10.2 Å². The molecule has 0 amide bonds. The van der Waals surface area contributed by atoms with Crippen molar-refractivity contribution in [3.63, 3.8) is 0 Å². The molecule has 2 N–H and O–H groups in total. The van der Waals surface area contributed by atoms with Crippen molar-refractivity contribution in [1.29, 1.82) is 0 Å². The quantitative estimate of drug-likeness (QED) is 0.730. The van der Waals surface area contributed by atoms with Crippen LogP contribution in [0.15, 0.2) is 42.5 Å². The van der Waals surface area contributed by atoms with Crippen LogP contribution in [0.4, 0.5) is 0 Å². The molecule has 1 aliphatic rings. The highest BCUT2D eigenvalue weighted by molar-refractivity contribution is 6.29. The van der Waals surface area contributed by atoms with Crippen LogP contribution >= 0.6 is 0 Å². The largest absolute Gasteiger partial charge is 0.507 e. The number of hydrogen-bond acceptors (Lipinski definition) is 4. The number of fused-ring (bicyclic) bond motifs is 2. The monoisotopic (exact) mass is 308 g/mol. The molecule has 2 aromatic rings. The lowest BCUT2D eigenvalue weighted by atomic mass is 9.80. The first-order chi connectivity index (χ1) is 11.0. The Labute approximate surface area is 133 Å². The van der Waals surface area contributed by atoms with Crippen LogP contribution in [-0.4, -0.2) is 21.8 Å². The molecule has 23 heavy (non-hydrogen) atoms. The molecule has 2 aromatic carbocycles. The molecular weight excluding hydrogens is 292 g/mol. The lowest BCUT2D eigenvalue weighted by molar-refractivity contribution is 0.0976. The van der Waals surface area contributed by atoms with Crippen LogP contribution in [0.25, 0.3) is 0 Å². The Kier molecular flexibility index (Phi) is 3.62. The topological polar surface area (TPSA) is 74.6 Å². The van der Waals surface area contributed by atoms with Crippen LogP contribution in [0.3, 0.4) is 0 Å². The fourth-order valence-corrected chi connectivity index (χ4v) is 2.97. The van der Waals surface area contributed by atoms with Gasteiger partial charge in [0.1, 0.15) is 5.75 Å². The van der Waals surface area contributed by atoms with Gasteiger partial charge in [-0.3, -0.25) is 9.59 Å². The van der Waals surface area contributed by atoms with E-state index in [1.54, 1.807) is 31.2 Å². The second kappa shape index (κ2) is 5.48. The Morgan fingerprint density at radius 2 is 1.70 bits per heavy atom. The van der Waals surface area contributed by atoms with E-state index in [0.717, 1.165) is 5.57 Å². The summed E-state index contributed by atoms with van der Waals surface area (Å²) < 4.78 is 0. The second-order valence-electron chi connectivity index (χ2n) is 5.78. The van der Waals surface area contributed by atoms with E-state index in [0.29, 0.717) is 28.7 Å². The Bertz CT molecular complexity index is 862. The van der Waals surface area contributed by atoms with E-state index >= 15 is 0 Å². The van der Waals surface area contributed by atoms with Crippen LogP contribution in [-0.2, 0) is 13.0 Å². The fourth-order valence-electron chi connectivity index (χ4n) is 2.97. The van der Waals surface area contributed by atoms with Gasteiger partial charge in [0.15, 0.2) is 11.6 Å². The molecule has 116 valence electrons.